The number of carbonyl (C=O) groups excluding carboxylic acids is 1. The lowest BCUT2D eigenvalue weighted by atomic mass is 10.1. The van der Waals surface area contributed by atoms with Crippen LogP contribution < -0.4 is 10.1 Å². The lowest BCUT2D eigenvalue weighted by Gasteiger charge is -2.09. The van der Waals surface area contributed by atoms with Crippen LogP contribution in [0, 0.1) is 0 Å². The summed E-state index contributed by atoms with van der Waals surface area (Å²) in [6.45, 7) is -2.93. The molecule has 1 amide bonds. The van der Waals surface area contributed by atoms with Crippen molar-refractivity contribution in [2.75, 3.05) is 5.32 Å². The van der Waals surface area contributed by atoms with E-state index in [0.717, 1.165) is 29.4 Å². The number of thiazole rings is 1. The highest BCUT2D eigenvalue weighted by atomic mass is 32.1. The molecule has 0 aliphatic heterocycles. The molecule has 0 spiro atoms. The van der Waals surface area contributed by atoms with E-state index in [1.807, 2.05) is 30.3 Å². The second-order valence-electron chi connectivity index (χ2n) is 7.25. The number of para-hydroxylation sites is 2. The van der Waals surface area contributed by atoms with Crippen LogP contribution in [0.1, 0.15) is 34.8 Å². The Hall–Kier alpha value is -3.39. The van der Waals surface area contributed by atoms with Crippen molar-refractivity contribution in [3.8, 4) is 17.0 Å². The molecule has 0 atom stereocenters. The van der Waals surface area contributed by atoms with Gasteiger partial charge in [0.05, 0.1) is 16.8 Å². The SMILES string of the molecule is O=C(Nc1nc(-c2ccccc2OC(F)F)cs1)c1cc(C2CC2)nc2ccccc12. The van der Waals surface area contributed by atoms with E-state index in [0.29, 0.717) is 27.9 Å². The van der Waals surface area contributed by atoms with Crippen molar-refractivity contribution in [3.05, 3.63) is 71.2 Å². The number of anilines is 1. The van der Waals surface area contributed by atoms with Crippen molar-refractivity contribution < 1.29 is 18.3 Å². The van der Waals surface area contributed by atoms with Crippen LogP contribution in [0.4, 0.5) is 13.9 Å². The van der Waals surface area contributed by atoms with Crippen molar-refractivity contribution in [2.45, 2.75) is 25.4 Å². The molecule has 2 heterocycles. The van der Waals surface area contributed by atoms with Crippen LogP contribution in [0.15, 0.2) is 60.0 Å². The van der Waals surface area contributed by atoms with Gasteiger partial charge in [-0.25, -0.2) is 4.98 Å². The number of rotatable bonds is 6. The zero-order chi connectivity index (χ0) is 21.4. The van der Waals surface area contributed by atoms with Gasteiger partial charge < -0.3 is 4.74 Å². The van der Waals surface area contributed by atoms with Gasteiger partial charge in [-0.1, -0.05) is 30.3 Å². The molecule has 1 N–H and O–H groups in total. The Balaban J connectivity index is 1.44. The summed E-state index contributed by atoms with van der Waals surface area (Å²) >= 11 is 1.22. The first kappa shape index (κ1) is 19.6. The van der Waals surface area contributed by atoms with Gasteiger partial charge in [0.2, 0.25) is 0 Å². The molecule has 5 rings (SSSR count). The van der Waals surface area contributed by atoms with E-state index in [1.54, 1.807) is 23.6 Å². The second kappa shape index (κ2) is 8.03. The summed E-state index contributed by atoms with van der Waals surface area (Å²) in [6, 6.07) is 15.8. The largest absolute Gasteiger partial charge is 0.434 e. The first-order valence-corrected chi connectivity index (χ1v) is 10.7. The Morgan fingerprint density at radius 3 is 2.68 bits per heavy atom. The van der Waals surface area contributed by atoms with Crippen molar-refractivity contribution in [1.29, 1.82) is 0 Å². The summed E-state index contributed by atoms with van der Waals surface area (Å²) in [5.74, 6) is 0.169. The van der Waals surface area contributed by atoms with Crippen LogP contribution in [0.2, 0.25) is 0 Å². The van der Waals surface area contributed by atoms with Gasteiger partial charge >= 0.3 is 6.61 Å². The van der Waals surface area contributed by atoms with Gasteiger partial charge in [0, 0.05) is 27.9 Å². The Morgan fingerprint density at radius 2 is 1.87 bits per heavy atom. The minimum absolute atomic E-state index is 0.0369. The topological polar surface area (TPSA) is 64.1 Å². The molecule has 156 valence electrons. The molecule has 1 aliphatic carbocycles. The molecule has 5 nitrogen and oxygen atoms in total. The molecule has 2 aromatic heterocycles. The molecule has 2 aromatic carbocycles. The lowest BCUT2D eigenvalue weighted by molar-refractivity contribution is -0.0494. The van der Waals surface area contributed by atoms with E-state index in [2.05, 4.69) is 15.0 Å². The minimum atomic E-state index is -2.93. The van der Waals surface area contributed by atoms with Crippen molar-refractivity contribution in [3.63, 3.8) is 0 Å². The van der Waals surface area contributed by atoms with Crippen LogP contribution in [-0.2, 0) is 0 Å². The number of hydrogen-bond donors (Lipinski definition) is 1. The molecule has 1 saturated carbocycles. The molecule has 1 aliphatic rings. The van der Waals surface area contributed by atoms with E-state index < -0.39 is 6.61 Å². The molecule has 31 heavy (non-hydrogen) atoms. The minimum Gasteiger partial charge on any atom is -0.434 e. The quantitative estimate of drug-likeness (QED) is 0.396. The van der Waals surface area contributed by atoms with Crippen molar-refractivity contribution in [2.24, 2.45) is 0 Å². The molecule has 0 unspecified atom stereocenters. The van der Waals surface area contributed by atoms with Crippen molar-refractivity contribution >= 4 is 33.3 Å². The number of nitrogens with zero attached hydrogens (tertiary/aromatic N) is 2. The molecular formula is C23H17F2N3O2S. The number of alkyl halides is 2. The predicted octanol–water partition coefficient (Wildman–Crippen LogP) is 6.09. The molecule has 4 aromatic rings. The van der Waals surface area contributed by atoms with E-state index >= 15 is 0 Å². The monoisotopic (exact) mass is 437 g/mol. The van der Waals surface area contributed by atoms with Gasteiger partial charge in [-0.3, -0.25) is 15.1 Å². The fourth-order valence-electron chi connectivity index (χ4n) is 3.47. The van der Waals surface area contributed by atoms with E-state index in [9.17, 15) is 13.6 Å². The third-order valence-corrected chi connectivity index (χ3v) is 5.84. The summed E-state index contributed by atoms with van der Waals surface area (Å²) in [7, 11) is 0. The Labute approximate surface area is 180 Å². The number of halogens is 2. The van der Waals surface area contributed by atoms with Gasteiger partial charge in [-0.05, 0) is 37.1 Å². The van der Waals surface area contributed by atoms with E-state index in [1.165, 1.54) is 17.4 Å². The highest BCUT2D eigenvalue weighted by Gasteiger charge is 2.27. The number of aromatic nitrogens is 2. The molecule has 1 fully saturated rings. The summed E-state index contributed by atoms with van der Waals surface area (Å²) in [4.78, 5) is 22.2. The molecular weight excluding hydrogens is 420 g/mol. The van der Waals surface area contributed by atoms with Crippen LogP contribution in [0.5, 0.6) is 5.75 Å². The van der Waals surface area contributed by atoms with E-state index in [4.69, 9.17) is 4.98 Å². The summed E-state index contributed by atoms with van der Waals surface area (Å²) < 4.78 is 30.0. The van der Waals surface area contributed by atoms with Crippen LogP contribution in [0.3, 0.4) is 0 Å². The number of ether oxygens (including phenoxy) is 1. The van der Waals surface area contributed by atoms with Crippen LogP contribution in [-0.4, -0.2) is 22.5 Å². The standard InChI is InChI=1S/C23H17F2N3O2S/c24-22(25)30-20-8-4-2-6-15(20)19-12-31-23(27-19)28-21(29)16-11-18(13-9-10-13)26-17-7-3-1-5-14(16)17/h1-8,11-13,22H,9-10H2,(H,27,28,29). The van der Waals surface area contributed by atoms with Gasteiger partial charge in [-0.15, -0.1) is 11.3 Å². The average molecular weight is 437 g/mol. The maximum atomic E-state index is 13.1. The molecule has 8 heteroatoms. The Bertz CT molecular complexity index is 1270. The van der Waals surface area contributed by atoms with E-state index in [-0.39, 0.29) is 11.7 Å². The van der Waals surface area contributed by atoms with Gasteiger partial charge in [-0.2, -0.15) is 8.78 Å². The molecule has 0 radical (unpaired) electrons. The predicted molar refractivity (Wildman–Crippen MR) is 116 cm³/mol. The highest BCUT2D eigenvalue weighted by molar-refractivity contribution is 7.14. The summed E-state index contributed by atoms with van der Waals surface area (Å²) in [5, 5.41) is 5.69. The third-order valence-electron chi connectivity index (χ3n) is 5.08. The number of hydrogen-bond acceptors (Lipinski definition) is 5. The average Bonchev–Trinajstić information content (AvgIpc) is 3.52. The molecule has 0 bridgehead atoms. The summed E-state index contributed by atoms with van der Waals surface area (Å²) in [5.41, 5.74) is 3.15. The smallest absolute Gasteiger partial charge is 0.387 e. The Kier molecular flexibility index (Phi) is 5.07. The third kappa shape index (κ3) is 4.11. The maximum absolute atomic E-state index is 13.1. The summed E-state index contributed by atoms with van der Waals surface area (Å²) in [6.07, 6.45) is 2.17. The zero-order valence-corrected chi connectivity index (χ0v) is 17.0. The highest BCUT2D eigenvalue weighted by Crippen LogP contribution is 2.40. The Morgan fingerprint density at radius 1 is 1.10 bits per heavy atom. The normalized spacial score (nSPS) is 13.5. The van der Waals surface area contributed by atoms with Crippen molar-refractivity contribution in [1.82, 2.24) is 9.97 Å². The number of pyridine rings is 1. The van der Waals surface area contributed by atoms with Crippen LogP contribution in [0.25, 0.3) is 22.2 Å². The lowest BCUT2D eigenvalue weighted by Crippen LogP contribution is -2.13. The van der Waals surface area contributed by atoms with Crippen LogP contribution >= 0.6 is 11.3 Å². The van der Waals surface area contributed by atoms with Gasteiger partial charge in [0.25, 0.3) is 5.91 Å². The number of fused-ring (bicyclic) bond motifs is 1. The zero-order valence-electron chi connectivity index (χ0n) is 16.2. The number of amides is 1. The molecule has 0 saturated heterocycles. The number of nitrogens with one attached hydrogen (secondary N) is 1. The fourth-order valence-corrected chi connectivity index (χ4v) is 4.17. The number of carbonyl (C=O) groups is 1. The first-order valence-electron chi connectivity index (χ1n) is 9.79. The first-order chi connectivity index (χ1) is 15.1. The fraction of sp³-hybridized carbons (Fsp3) is 0.174. The maximum Gasteiger partial charge on any atom is 0.387 e. The number of benzene rings is 2. The van der Waals surface area contributed by atoms with Gasteiger partial charge in [0.1, 0.15) is 5.75 Å². The van der Waals surface area contributed by atoms with Gasteiger partial charge in [0.15, 0.2) is 5.13 Å². The second-order valence-corrected chi connectivity index (χ2v) is 8.11.